The number of ether oxygens (including phenoxy) is 2. The molecular weight excluding hydrogens is 366 g/mol. The molecule has 1 amide bonds. The molecule has 29 heavy (non-hydrogen) atoms. The molecule has 0 fully saturated rings. The summed E-state index contributed by atoms with van der Waals surface area (Å²) in [6.45, 7) is 6.68. The smallest absolute Gasteiger partial charge is 0.244 e. The lowest BCUT2D eigenvalue weighted by Gasteiger charge is -2.11. The van der Waals surface area contributed by atoms with E-state index in [-0.39, 0.29) is 5.91 Å². The van der Waals surface area contributed by atoms with Crippen LogP contribution in [0.1, 0.15) is 26.3 Å². The van der Waals surface area contributed by atoms with Crippen LogP contribution in [0.15, 0.2) is 53.2 Å². The van der Waals surface area contributed by atoms with Crippen molar-refractivity contribution in [1.82, 2.24) is 5.32 Å². The number of fused-ring (bicyclic) bond motifs is 1. The van der Waals surface area contributed by atoms with E-state index in [0.717, 1.165) is 39.0 Å². The molecule has 5 heteroatoms. The Kier molecular flexibility index (Phi) is 6.27. The van der Waals surface area contributed by atoms with Gasteiger partial charge in [-0.2, -0.15) is 0 Å². The van der Waals surface area contributed by atoms with Gasteiger partial charge in [-0.15, -0.1) is 0 Å². The summed E-state index contributed by atoms with van der Waals surface area (Å²) < 4.78 is 16.6. The van der Waals surface area contributed by atoms with Crippen molar-refractivity contribution in [3.05, 3.63) is 54.3 Å². The summed E-state index contributed by atoms with van der Waals surface area (Å²) >= 11 is 0. The van der Waals surface area contributed by atoms with Crippen LogP contribution in [0, 0.1) is 5.92 Å². The first-order valence-electron chi connectivity index (χ1n) is 9.63. The number of nitrogens with one attached hydrogen (secondary N) is 1. The van der Waals surface area contributed by atoms with Crippen LogP contribution in [-0.2, 0) is 4.79 Å². The molecule has 1 heterocycles. The molecule has 0 saturated carbocycles. The number of furan rings is 1. The van der Waals surface area contributed by atoms with E-state index in [0.29, 0.717) is 18.2 Å². The van der Waals surface area contributed by atoms with Crippen LogP contribution >= 0.6 is 0 Å². The largest absolute Gasteiger partial charge is 0.497 e. The Morgan fingerprint density at radius 2 is 1.86 bits per heavy atom. The fourth-order valence-corrected chi connectivity index (χ4v) is 3.16. The topological polar surface area (TPSA) is 60.7 Å². The molecule has 0 aliphatic heterocycles. The SMILES string of the molecule is COc1ccc(-c2coc3cc(OC)c(/C(C)=C/C(=O)NCC(C)C)cc23)cc1. The molecule has 0 aliphatic rings. The van der Waals surface area contributed by atoms with E-state index in [9.17, 15) is 4.79 Å². The van der Waals surface area contributed by atoms with Gasteiger partial charge in [-0.05, 0) is 42.2 Å². The maximum absolute atomic E-state index is 12.2. The van der Waals surface area contributed by atoms with Crippen molar-refractivity contribution in [3.63, 3.8) is 0 Å². The summed E-state index contributed by atoms with van der Waals surface area (Å²) in [5.74, 6) is 1.76. The Balaban J connectivity index is 2.01. The molecule has 1 aromatic heterocycles. The summed E-state index contributed by atoms with van der Waals surface area (Å²) in [7, 11) is 3.26. The summed E-state index contributed by atoms with van der Waals surface area (Å²) in [5, 5.41) is 3.87. The molecule has 0 unspecified atom stereocenters. The molecule has 0 atom stereocenters. The van der Waals surface area contributed by atoms with Crippen molar-refractivity contribution in [3.8, 4) is 22.6 Å². The van der Waals surface area contributed by atoms with Crippen molar-refractivity contribution in [2.45, 2.75) is 20.8 Å². The van der Waals surface area contributed by atoms with Crippen molar-refractivity contribution >= 4 is 22.4 Å². The van der Waals surface area contributed by atoms with E-state index in [1.807, 2.05) is 43.3 Å². The third kappa shape index (κ3) is 4.62. The highest BCUT2D eigenvalue weighted by atomic mass is 16.5. The molecule has 2 aromatic carbocycles. The second-order valence-electron chi connectivity index (χ2n) is 7.39. The van der Waals surface area contributed by atoms with Gasteiger partial charge in [0.1, 0.15) is 17.1 Å². The highest BCUT2D eigenvalue weighted by molar-refractivity contribution is 6.00. The first kappa shape index (κ1) is 20.5. The molecular formula is C24H27NO4. The lowest BCUT2D eigenvalue weighted by molar-refractivity contribution is -0.116. The number of amides is 1. The Bertz CT molecular complexity index is 1030. The predicted molar refractivity (Wildman–Crippen MR) is 116 cm³/mol. The molecule has 0 spiro atoms. The van der Waals surface area contributed by atoms with Crippen molar-refractivity contribution in [2.24, 2.45) is 5.92 Å². The first-order valence-corrected chi connectivity index (χ1v) is 9.63. The van der Waals surface area contributed by atoms with Crippen molar-refractivity contribution in [2.75, 3.05) is 20.8 Å². The van der Waals surface area contributed by atoms with E-state index in [2.05, 4.69) is 19.2 Å². The molecule has 0 saturated heterocycles. The maximum atomic E-state index is 12.2. The number of hydrogen-bond donors (Lipinski definition) is 1. The highest BCUT2D eigenvalue weighted by Crippen LogP contribution is 2.37. The molecule has 1 N–H and O–H groups in total. The zero-order valence-electron chi connectivity index (χ0n) is 17.5. The van der Waals surface area contributed by atoms with Gasteiger partial charge in [0.25, 0.3) is 0 Å². The fraction of sp³-hybridized carbons (Fsp3) is 0.292. The summed E-state index contributed by atoms with van der Waals surface area (Å²) in [4.78, 5) is 12.2. The van der Waals surface area contributed by atoms with Gasteiger partial charge in [0, 0.05) is 35.2 Å². The van der Waals surface area contributed by atoms with Crippen molar-refractivity contribution in [1.29, 1.82) is 0 Å². The normalized spacial score (nSPS) is 11.7. The lowest BCUT2D eigenvalue weighted by Crippen LogP contribution is -2.25. The molecule has 0 bridgehead atoms. The van der Waals surface area contributed by atoms with Gasteiger partial charge in [0.2, 0.25) is 5.91 Å². The average molecular weight is 393 g/mol. The van der Waals surface area contributed by atoms with Gasteiger partial charge < -0.3 is 19.2 Å². The van der Waals surface area contributed by atoms with Crippen molar-refractivity contribution < 1.29 is 18.7 Å². The standard InChI is InChI=1S/C24H27NO4/c1-15(2)13-25-24(26)10-16(3)19-11-20-21(14-29-23(20)12-22(19)28-5)17-6-8-18(27-4)9-7-17/h6-12,14-15H,13H2,1-5H3,(H,25,26)/b16-10+. The third-order valence-electron chi connectivity index (χ3n) is 4.75. The van der Waals surface area contributed by atoms with Gasteiger partial charge in [-0.25, -0.2) is 0 Å². The maximum Gasteiger partial charge on any atom is 0.244 e. The number of benzene rings is 2. The van der Waals surface area contributed by atoms with Crippen LogP contribution in [0.5, 0.6) is 11.5 Å². The van der Waals surface area contributed by atoms with E-state index in [4.69, 9.17) is 13.9 Å². The summed E-state index contributed by atoms with van der Waals surface area (Å²) in [6, 6.07) is 11.7. The number of allylic oxidation sites excluding steroid dienone is 1. The van der Waals surface area contributed by atoms with Crippen LogP contribution in [0.2, 0.25) is 0 Å². The Labute approximate surface area is 171 Å². The highest BCUT2D eigenvalue weighted by Gasteiger charge is 2.15. The minimum atomic E-state index is -0.110. The number of rotatable bonds is 7. The minimum Gasteiger partial charge on any atom is -0.497 e. The molecule has 0 radical (unpaired) electrons. The third-order valence-corrected chi connectivity index (χ3v) is 4.75. The fourth-order valence-electron chi connectivity index (χ4n) is 3.16. The quantitative estimate of drug-likeness (QED) is 0.554. The van der Waals surface area contributed by atoms with Crippen LogP contribution < -0.4 is 14.8 Å². The number of carbonyl (C=O) groups excluding carboxylic acids is 1. The van der Waals surface area contributed by atoms with E-state index >= 15 is 0 Å². The minimum absolute atomic E-state index is 0.110. The zero-order chi connectivity index (χ0) is 21.0. The summed E-state index contributed by atoms with van der Waals surface area (Å²) in [5.41, 5.74) is 4.41. The molecule has 152 valence electrons. The van der Waals surface area contributed by atoms with Gasteiger partial charge in [-0.3, -0.25) is 4.79 Å². The molecule has 3 aromatic rings. The van der Waals surface area contributed by atoms with Gasteiger partial charge in [0.05, 0.1) is 20.5 Å². The Morgan fingerprint density at radius 1 is 1.14 bits per heavy atom. The molecule has 0 aliphatic carbocycles. The van der Waals surface area contributed by atoms with Crippen LogP contribution in [0.25, 0.3) is 27.7 Å². The summed E-state index contributed by atoms with van der Waals surface area (Å²) in [6.07, 6.45) is 3.35. The Hall–Kier alpha value is -3.21. The zero-order valence-corrected chi connectivity index (χ0v) is 17.5. The van der Waals surface area contributed by atoms with Gasteiger partial charge >= 0.3 is 0 Å². The van der Waals surface area contributed by atoms with Crippen LogP contribution in [0.3, 0.4) is 0 Å². The van der Waals surface area contributed by atoms with Gasteiger partial charge in [0.15, 0.2) is 0 Å². The number of carbonyl (C=O) groups is 1. The monoisotopic (exact) mass is 393 g/mol. The number of methoxy groups -OCH3 is 2. The molecule has 3 rings (SSSR count). The average Bonchev–Trinajstić information content (AvgIpc) is 3.14. The molecule has 5 nitrogen and oxygen atoms in total. The van der Waals surface area contributed by atoms with E-state index in [1.54, 1.807) is 26.6 Å². The van der Waals surface area contributed by atoms with Gasteiger partial charge in [-0.1, -0.05) is 26.0 Å². The van der Waals surface area contributed by atoms with E-state index in [1.165, 1.54) is 0 Å². The second-order valence-corrected chi connectivity index (χ2v) is 7.39. The van der Waals surface area contributed by atoms with Crippen LogP contribution in [0.4, 0.5) is 0 Å². The van der Waals surface area contributed by atoms with Crippen LogP contribution in [-0.4, -0.2) is 26.7 Å². The Morgan fingerprint density at radius 3 is 2.48 bits per heavy atom. The first-order chi connectivity index (χ1) is 13.9. The lowest BCUT2D eigenvalue weighted by atomic mass is 9.99. The number of hydrogen-bond acceptors (Lipinski definition) is 4. The predicted octanol–water partition coefficient (Wildman–Crippen LogP) is 5.29. The van der Waals surface area contributed by atoms with E-state index < -0.39 is 0 Å². The second kappa shape index (κ2) is 8.86.